The summed E-state index contributed by atoms with van der Waals surface area (Å²) in [5, 5.41) is 23.5. The highest BCUT2D eigenvalue weighted by molar-refractivity contribution is 5.66. The molecule has 2 aliphatic heterocycles. The lowest BCUT2D eigenvalue weighted by molar-refractivity contribution is -0.247. The number of esters is 1. The van der Waals surface area contributed by atoms with E-state index in [0.29, 0.717) is 23.7 Å². The normalized spacial score (nSPS) is 52.8. The molecule has 256 valence electrons. The Morgan fingerprint density at radius 3 is 2.40 bits per heavy atom. The number of hydrogen-bond donors (Lipinski definition) is 2. The average Bonchev–Trinajstić information content (AvgIpc) is 3.57. The molecule has 7 fully saturated rings. The molecule has 14 atom stereocenters. The van der Waals surface area contributed by atoms with Crippen molar-refractivity contribution in [1.29, 1.82) is 0 Å². The van der Waals surface area contributed by atoms with Crippen LogP contribution in [0.3, 0.4) is 0 Å². The van der Waals surface area contributed by atoms with E-state index in [0.717, 1.165) is 39.0 Å². The van der Waals surface area contributed by atoms with Crippen LogP contribution in [0.2, 0.25) is 0 Å². The maximum Gasteiger partial charge on any atom is 0.303 e. The van der Waals surface area contributed by atoms with E-state index in [-0.39, 0.29) is 52.0 Å². The lowest BCUT2D eigenvalue weighted by atomic mass is 9.41. The van der Waals surface area contributed by atoms with Crippen LogP contribution in [0.15, 0.2) is 0 Å². The predicted octanol–water partition coefficient (Wildman–Crippen LogP) is 5.18. The molecule has 45 heavy (non-hydrogen) atoms. The minimum absolute atomic E-state index is 0.0418. The van der Waals surface area contributed by atoms with Crippen molar-refractivity contribution >= 4 is 5.97 Å². The first-order valence-corrected chi connectivity index (χ1v) is 18.1. The van der Waals surface area contributed by atoms with Crippen molar-refractivity contribution in [3.8, 4) is 0 Å². The number of morpholine rings is 1. The van der Waals surface area contributed by atoms with Gasteiger partial charge in [-0.1, -0.05) is 34.6 Å². The van der Waals surface area contributed by atoms with E-state index in [1.165, 1.54) is 32.6 Å². The van der Waals surface area contributed by atoms with E-state index in [4.69, 9.17) is 18.9 Å². The van der Waals surface area contributed by atoms with Crippen LogP contribution in [-0.2, 0) is 23.7 Å². The molecule has 0 radical (unpaired) electrons. The maximum absolute atomic E-state index is 12.5. The summed E-state index contributed by atoms with van der Waals surface area (Å²) in [5.74, 6) is 1.16. The summed E-state index contributed by atoms with van der Waals surface area (Å²) in [6.45, 7) is 19.4. The molecule has 2 saturated heterocycles. The van der Waals surface area contributed by atoms with Gasteiger partial charge in [-0.25, -0.2) is 0 Å². The van der Waals surface area contributed by atoms with E-state index in [2.05, 4.69) is 46.6 Å². The van der Waals surface area contributed by atoms with Crippen molar-refractivity contribution in [3.63, 3.8) is 0 Å². The number of carbonyl (C=O) groups is 1. The molecular formula is C37H61NO7. The molecule has 2 N–H and O–H groups in total. The number of aliphatic hydroxyl groups is 2. The summed E-state index contributed by atoms with van der Waals surface area (Å²) in [6.07, 6.45) is 6.89. The van der Waals surface area contributed by atoms with Crippen LogP contribution in [-0.4, -0.2) is 90.2 Å². The topological polar surface area (TPSA) is 97.7 Å². The minimum Gasteiger partial charge on any atom is -0.457 e. The van der Waals surface area contributed by atoms with Crippen molar-refractivity contribution in [1.82, 2.24) is 4.90 Å². The molecule has 7 aliphatic rings. The summed E-state index contributed by atoms with van der Waals surface area (Å²) in [4.78, 5) is 14.4. The number of fused-ring (bicyclic) bond motifs is 4. The molecule has 0 aromatic carbocycles. The van der Waals surface area contributed by atoms with Gasteiger partial charge in [-0.3, -0.25) is 9.69 Å². The van der Waals surface area contributed by atoms with Gasteiger partial charge in [-0.05, 0) is 118 Å². The van der Waals surface area contributed by atoms with Gasteiger partial charge in [-0.2, -0.15) is 0 Å². The number of aliphatic hydroxyl groups excluding tert-OH is 1. The quantitative estimate of drug-likeness (QED) is 0.401. The van der Waals surface area contributed by atoms with E-state index < -0.39 is 29.9 Å². The molecule has 2 heterocycles. The van der Waals surface area contributed by atoms with Gasteiger partial charge in [0.2, 0.25) is 0 Å². The highest BCUT2D eigenvalue weighted by Crippen LogP contribution is 2.89. The molecule has 8 nitrogen and oxygen atoms in total. The van der Waals surface area contributed by atoms with Gasteiger partial charge in [0.15, 0.2) is 12.4 Å². The zero-order chi connectivity index (χ0) is 32.5. The molecule has 5 saturated carbocycles. The highest BCUT2D eigenvalue weighted by Gasteiger charge is 2.84. The SMILES string of the molecule is CC(=O)O[C@@H]([C@H]1C[C@@H](C)[C@H]2[C@H](O1)[C@H](O)[C@@]1(C)[C@@H]3CC[C@H]4C(C)(C)[C@@H](O[C@H]5CN(C)CCO5)CC[C@@]45C[C@@]35CC[C@]21C)C(C)(C)O. The van der Waals surface area contributed by atoms with Gasteiger partial charge in [0.25, 0.3) is 0 Å². The van der Waals surface area contributed by atoms with Crippen LogP contribution in [0.4, 0.5) is 0 Å². The van der Waals surface area contributed by atoms with Gasteiger partial charge >= 0.3 is 5.97 Å². The molecule has 8 heteroatoms. The summed E-state index contributed by atoms with van der Waals surface area (Å²) in [6, 6.07) is 0. The molecule has 5 aliphatic carbocycles. The van der Waals surface area contributed by atoms with Crippen molar-refractivity contribution in [2.75, 3.05) is 26.7 Å². The summed E-state index contributed by atoms with van der Waals surface area (Å²) < 4.78 is 25.4. The third-order valence-corrected chi connectivity index (χ3v) is 15.6. The molecule has 0 unspecified atom stereocenters. The summed E-state index contributed by atoms with van der Waals surface area (Å²) in [5.41, 5.74) is -0.869. The van der Waals surface area contributed by atoms with E-state index >= 15 is 0 Å². The first kappa shape index (κ1) is 32.8. The number of carbonyl (C=O) groups excluding carboxylic acids is 1. The highest BCUT2D eigenvalue weighted by atomic mass is 16.7. The Bertz CT molecular complexity index is 1190. The van der Waals surface area contributed by atoms with Crippen LogP contribution in [0.25, 0.3) is 0 Å². The Labute approximate surface area is 271 Å². The predicted molar refractivity (Wildman–Crippen MR) is 170 cm³/mol. The maximum atomic E-state index is 12.5. The standard InChI is InChI=1S/C37H61NO7/c1-21-18-23(31(33(5,6)41)43-22(2)39)44-29-28(21)34(7)14-15-37-20-36(37)13-12-26(45-27-19-38(9)16-17-42-27)32(3,4)24(36)10-11-25(37)35(34,8)30(29)40/h21,23-31,40-41H,10-20H2,1-9H3/t21-,23-,24+,25+,26+,27+,28+,29+,30+,31+,34-,35-,36-,37+/m1/s1. The first-order valence-electron chi connectivity index (χ1n) is 18.1. The third kappa shape index (κ3) is 4.40. The van der Waals surface area contributed by atoms with Gasteiger partial charge in [-0.15, -0.1) is 0 Å². The second kappa shape index (κ2) is 10.4. The monoisotopic (exact) mass is 631 g/mol. The molecule has 7 rings (SSSR count). The van der Waals surface area contributed by atoms with Gasteiger partial charge in [0.1, 0.15) is 0 Å². The fraction of sp³-hybridized carbons (Fsp3) is 0.973. The van der Waals surface area contributed by atoms with Crippen molar-refractivity contribution < 1.29 is 34.0 Å². The summed E-state index contributed by atoms with van der Waals surface area (Å²) in [7, 11) is 2.15. The fourth-order valence-electron chi connectivity index (χ4n) is 13.6. The molecular weight excluding hydrogens is 570 g/mol. The van der Waals surface area contributed by atoms with Gasteiger partial charge in [0.05, 0.1) is 36.6 Å². The van der Waals surface area contributed by atoms with Gasteiger partial charge < -0.3 is 29.2 Å². The van der Waals surface area contributed by atoms with Crippen molar-refractivity contribution in [3.05, 3.63) is 0 Å². The Balaban J connectivity index is 1.15. The third-order valence-electron chi connectivity index (χ3n) is 15.6. The molecule has 0 aromatic rings. The number of ether oxygens (including phenoxy) is 4. The smallest absolute Gasteiger partial charge is 0.303 e. The van der Waals surface area contributed by atoms with Crippen molar-refractivity contribution in [2.24, 2.45) is 50.7 Å². The van der Waals surface area contributed by atoms with Crippen molar-refractivity contribution in [2.45, 2.75) is 149 Å². The minimum atomic E-state index is -1.25. The summed E-state index contributed by atoms with van der Waals surface area (Å²) >= 11 is 0. The molecule has 0 bridgehead atoms. The number of rotatable bonds is 5. The first-order chi connectivity index (χ1) is 20.9. The van der Waals surface area contributed by atoms with Crippen LogP contribution in [0.1, 0.15) is 107 Å². The van der Waals surface area contributed by atoms with Crippen LogP contribution in [0, 0.1) is 50.7 Å². The van der Waals surface area contributed by atoms with E-state index in [9.17, 15) is 15.0 Å². The second-order valence-corrected chi connectivity index (χ2v) is 18.4. The lowest BCUT2D eigenvalue weighted by Crippen LogP contribution is -2.60. The molecule has 2 spiro atoms. The second-order valence-electron chi connectivity index (χ2n) is 18.4. The Hall–Kier alpha value is -0.770. The lowest BCUT2D eigenvalue weighted by Gasteiger charge is -2.64. The molecule has 0 aromatic heterocycles. The molecule has 0 amide bonds. The zero-order valence-electron chi connectivity index (χ0n) is 29.4. The van der Waals surface area contributed by atoms with Gasteiger partial charge in [0, 0.05) is 25.4 Å². The number of likely N-dealkylation sites (N-methyl/N-ethyl adjacent to an activating group) is 1. The van der Waals surface area contributed by atoms with E-state index in [1.54, 1.807) is 13.8 Å². The van der Waals surface area contributed by atoms with E-state index in [1.807, 2.05) is 0 Å². The van der Waals surface area contributed by atoms with Crippen LogP contribution < -0.4 is 0 Å². The Morgan fingerprint density at radius 2 is 1.73 bits per heavy atom. The Kier molecular flexibility index (Phi) is 7.55. The fourth-order valence-corrected chi connectivity index (χ4v) is 13.6. The average molecular weight is 632 g/mol. The Morgan fingerprint density at radius 1 is 1.04 bits per heavy atom. The number of nitrogens with zero attached hydrogens (tertiary/aromatic N) is 1. The largest absolute Gasteiger partial charge is 0.457 e. The zero-order valence-corrected chi connectivity index (χ0v) is 29.4. The van der Waals surface area contributed by atoms with Crippen LogP contribution >= 0.6 is 0 Å². The number of hydrogen-bond acceptors (Lipinski definition) is 8. The van der Waals surface area contributed by atoms with Crippen LogP contribution in [0.5, 0.6) is 0 Å².